The number of amides is 2. The zero-order chi connectivity index (χ0) is 13.5. The number of carbonyl (C=O) groups is 2. The summed E-state index contributed by atoms with van der Waals surface area (Å²) in [6, 6.07) is 4.61. The summed E-state index contributed by atoms with van der Waals surface area (Å²) in [5, 5.41) is 0.755. The van der Waals surface area contributed by atoms with E-state index in [0.717, 1.165) is 0 Å². The summed E-state index contributed by atoms with van der Waals surface area (Å²) >= 11 is 11.6. The summed E-state index contributed by atoms with van der Waals surface area (Å²) in [4.78, 5) is 26.0. The second-order valence-electron chi connectivity index (χ2n) is 3.14. The number of carbonyl (C=O) groups excluding carboxylic acids is 2. The molecule has 0 aromatic heterocycles. The maximum atomic E-state index is 11.2. The number of rotatable bonds is 6. The van der Waals surface area contributed by atoms with E-state index in [1.54, 1.807) is 12.1 Å². The topological polar surface area (TPSA) is 90.7 Å². The van der Waals surface area contributed by atoms with Crippen LogP contribution < -0.4 is 16.0 Å². The summed E-state index contributed by atoms with van der Waals surface area (Å²) in [5.74, 6) is -1.02. The van der Waals surface area contributed by atoms with Gasteiger partial charge < -0.3 is 10.5 Å². The molecule has 8 heteroatoms. The maximum Gasteiger partial charge on any atom is 0.281 e. The Morgan fingerprint density at radius 2 is 2.00 bits per heavy atom. The molecule has 2 amide bonds. The molecule has 0 saturated carbocycles. The fourth-order valence-electron chi connectivity index (χ4n) is 0.948. The Morgan fingerprint density at radius 1 is 1.28 bits per heavy atom. The number of hydrogen-bond donors (Lipinski definition) is 2. The van der Waals surface area contributed by atoms with Crippen molar-refractivity contribution in [3.63, 3.8) is 0 Å². The van der Waals surface area contributed by atoms with E-state index in [9.17, 15) is 9.59 Å². The summed E-state index contributed by atoms with van der Waals surface area (Å²) in [6.45, 7) is -0.748. The van der Waals surface area contributed by atoms with Crippen LogP contribution in [0.1, 0.15) is 0 Å². The zero-order valence-corrected chi connectivity index (χ0v) is 10.6. The van der Waals surface area contributed by atoms with Crippen LogP contribution in [0.5, 0.6) is 5.75 Å². The van der Waals surface area contributed by atoms with E-state index in [-0.39, 0.29) is 12.4 Å². The second kappa shape index (κ2) is 7.05. The first kappa shape index (κ1) is 14.6. The number of halogens is 2. The van der Waals surface area contributed by atoms with E-state index in [0.29, 0.717) is 10.0 Å². The number of nitrogens with one attached hydrogen (secondary N) is 1. The lowest BCUT2D eigenvalue weighted by Crippen LogP contribution is -2.32. The average molecular weight is 293 g/mol. The van der Waals surface area contributed by atoms with E-state index in [2.05, 4.69) is 4.84 Å². The van der Waals surface area contributed by atoms with E-state index in [1.807, 2.05) is 5.48 Å². The molecule has 0 aliphatic rings. The quantitative estimate of drug-likeness (QED) is 0.763. The third kappa shape index (κ3) is 5.22. The minimum atomic E-state index is -0.700. The highest BCUT2D eigenvalue weighted by atomic mass is 35.5. The van der Waals surface area contributed by atoms with Gasteiger partial charge in [-0.1, -0.05) is 23.2 Å². The molecule has 6 nitrogen and oxygen atoms in total. The number of nitrogens with two attached hydrogens (primary N) is 1. The van der Waals surface area contributed by atoms with Gasteiger partial charge >= 0.3 is 0 Å². The Bertz CT molecular complexity index is 454. The van der Waals surface area contributed by atoms with Crippen molar-refractivity contribution in [1.82, 2.24) is 5.48 Å². The van der Waals surface area contributed by atoms with Gasteiger partial charge in [-0.3, -0.25) is 14.4 Å². The number of benzene rings is 1. The van der Waals surface area contributed by atoms with Crippen molar-refractivity contribution in [3.05, 3.63) is 28.2 Å². The molecule has 3 N–H and O–H groups in total. The van der Waals surface area contributed by atoms with Crippen molar-refractivity contribution >= 4 is 35.0 Å². The monoisotopic (exact) mass is 292 g/mol. The van der Waals surface area contributed by atoms with Gasteiger partial charge in [-0.15, -0.1) is 0 Å². The first-order chi connectivity index (χ1) is 8.49. The van der Waals surface area contributed by atoms with Gasteiger partial charge in [0.15, 0.2) is 13.2 Å². The van der Waals surface area contributed by atoms with E-state index >= 15 is 0 Å². The third-order valence-electron chi connectivity index (χ3n) is 1.65. The molecule has 98 valence electrons. The number of hydrogen-bond acceptors (Lipinski definition) is 4. The average Bonchev–Trinajstić information content (AvgIpc) is 2.30. The molecule has 1 aromatic rings. The lowest BCUT2D eigenvalue weighted by atomic mass is 10.3. The van der Waals surface area contributed by atoms with Crippen LogP contribution in [0.15, 0.2) is 18.2 Å². The molecule has 0 aliphatic heterocycles. The Hall–Kier alpha value is -1.50. The molecule has 18 heavy (non-hydrogen) atoms. The van der Waals surface area contributed by atoms with Gasteiger partial charge in [0.05, 0.1) is 5.02 Å². The standard InChI is InChI=1S/C10H10Cl2N2O4/c11-6-1-2-7(12)8(3-6)17-5-10(16)14-18-4-9(13)15/h1-3H,4-5H2,(H2,13,15)(H,14,16). The lowest BCUT2D eigenvalue weighted by molar-refractivity contribution is -0.139. The SMILES string of the molecule is NC(=O)CONC(=O)COc1cc(Cl)ccc1Cl. The number of primary amides is 1. The fraction of sp³-hybridized carbons (Fsp3) is 0.200. The summed E-state index contributed by atoms with van der Waals surface area (Å²) in [6.07, 6.45) is 0. The number of hydroxylamine groups is 1. The van der Waals surface area contributed by atoms with Crippen molar-refractivity contribution in [2.45, 2.75) is 0 Å². The molecular formula is C10H10Cl2N2O4. The second-order valence-corrected chi connectivity index (χ2v) is 3.99. The highest BCUT2D eigenvalue weighted by Gasteiger charge is 2.07. The van der Waals surface area contributed by atoms with Crippen LogP contribution in [0, 0.1) is 0 Å². The van der Waals surface area contributed by atoms with Crippen LogP contribution in [0.2, 0.25) is 10.0 Å². The van der Waals surface area contributed by atoms with E-state index in [4.69, 9.17) is 33.7 Å². The van der Waals surface area contributed by atoms with Crippen LogP contribution in [0.4, 0.5) is 0 Å². The van der Waals surface area contributed by atoms with Crippen molar-refractivity contribution in [2.75, 3.05) is 13.2 Å². The zero-order valence-electron chi connectivity index (χ0n) is 9.11. The smallest absolute Gasteiger partial charge is 0.281 e. The van der Waals surface area contributed by atoms with Crippen LogP contribution in [0.3, 0.4) is 0 Å². The molecule has 1 aromatic carbocycles. The van der Waals surface area contributed by atoms with Crippen LogP contribution >= 0.6 is 23.2 Å². The van der Waals surface area contributed by atoms with Gasteiger partial charge in [-0.05, 0) is 12.1 Å². The van der Waals surface area contributed by atoms with Gasteiger partial charge in [0.25, 0.3) is 5.91 Å². The van der Waals surface area contributed by atoms with Crippen LogP contribution in [0.25, 0.3) is 0 Å². The van der Waals surface area contributed by atoms with Crippen LogP contribution in [-0.2, 0) is 14.4 Å². The van der Waals surface area contributed by atoms with Gasteiger partial charge in [0.2, 0.25) is 5.91 Å². The molecule has 1 rings (SSSR count). The van der Waals surface area contributed by atoms with E-state index < -0.39 is 18.4 Å². The predicted molar refractivity (Wildman–Crippen MR) is 65.2 cm³/mol. The normalized spacial score (nSPS) is 9.89. The fourth-order valence-corrected chi connectivity index (χ4v) is 1.28. The van der Waals surface area contributed by atoms with Crippen LogP contribution in [-0.4, -0.2) is 25.0 Å². The first-order valence-corrected chi connectivity index (χ1v) is 5.51. The van der Waals surface area contributed by atoms with E-state index in [1.165, 1.54) is 6.07 Å². The minimum absolute atomic E-state index is 0.272. The Balaban J connectivity index is 2.38. The Kier molecular flexibility index (Phi) is 5.70. The molecule has 0 spiro atoms. The molecule has 0 atom stereocenters. The molecule has 0 fully saturated rings. The lowest BCUT2D eigenvalue weighted by Gasteiger charge is -2.08. The van der Waals surface area contributed by atoms with Crippen molar-refractivity contribution in [1.29, 1.82) is 0 Å². The summed E-state index contributed by atoms with van der Waals surface area (Å²) in [5.41, 5.74) is 6.78. The Morgan fingerprint density at radius 3 is 2.67 bits per heavy atom. The minimum Gasteiger partial charge on any atom is -0.482 e. The van der Waals surface area contributed by atoms with Gasteiger partial charge in [0, 0.05) is 11.1 Å². The summed E-state index contributed by atoms with van der Waals surface area (Å²) in [7, 11) is 0. The highest BCUT2D eigenvalue weighted by Crippen LogP contribution is 2.27. The van der Waals surface area contributed by atoms with Gasteiger partial charge in [0.1, 0.15) is 5.75 Å². The number of ether oxygens (including phenoxy) is 1. The third-order valence-corrected chi connectivity index (χ3v) is 2.20. The molecule has 0 saturated heterocycles. The van der Waals surface area contributed by atoms with Gasteiger partial charge in [-0.2, -0.15) is 0 Å². The van der Waals surface area contributed by atoms with Gasteiger partial charge in [-0.25, -0.2) is 5.48 Å². The molecule has 0 bridgehead atoms. The molecule has 0 aliphatic carbocycles. The van der Waals surface area contributed by atoms with Crippen molar-refractivity contribution < 1.29 is 19.2 Å². The van der Waals surface area contributed by atoms with Crippen molar-refractivity contribution in [3.8, 4) is 5.75 Å². The largest absolute Gasteiger partial charge is 0.482 e. The van der Waals surface area contributed by atoms with Crippen molar-refractivity contribution in [2.24, 2.45) is 5.73 Å². The highest BCUT2D eigenvalue weighted by molar-refractivity contribution is 6.34. The molecule has 0 unspecified atom stereocenters. The summed E-state index contributed by atoms with van der Waals surface area (Å²) < 4.78 is 5.11. The molecule has 0 heterocycles. The first-order valence-electron chi connectivity index (χ1n) is 4.76. The molecule has 0 radical (unpaired) electrons. The Labute approximate surface area is 113 Å². The predicted octanol–water partition coefficient (Wildman–Crippen LogP) is 0.905. The molecular weight excluding hydrogens is 283 g/mol. The maximum absolute atomic E-state index is 11.2.